The Kier molecular flexibility index (Phi) is 1.74. The van der Waals surface area contributed by atoms with Gasteiger partial charge < -0.3 is 0 Å². The van der Waals surface area contributed by atoms with Gasteiger partial charge in [-0.25, -0.2) is 0 Å². The SMILES string of the molecule is [N]C(=O)c1ccc2ccccc2c1. The molecule has 0 atom stereocenters. The lowest BCUT2D eigenvalue weighted by atomic mass is 10.1. The van der Waals surface area contributed by atoms with Crippen LogP contribution in [-0.2, 0) is 0 Å². The van der Waals surface area contributed by atoms with E-state index in [0.29, 0.717) is 5.56 Å². The van der Waals surface area contributed by atoms with Gasteiger partial charge in [0.25, 0.3) is 5.91 Å². The summed E-state index contributed by atoms with van der Waals surface area (Å²) in [5, 5.41) is 2.02. The minimum Gasteiger partial charge on any atom is -0.265 e. The predicted molar refractivity (Wildman–Crippen MR) is 50.4 cm³/mol. The van der Waals surface area contributed by atoms with Crippen molar-refractivity contribution in [2.24, 2.45) is 0 Å². The Morgan fingerprint density at radius 1 is 1.00 bits per heavy atom. The van der Waals surface area contributed by atoms with Crippen LogP contribution in [-0.4, -0.2) is 5.91 Å². The van der Waals surface area contributed by atoms with E-state index >= 15 is 0 Å². The molecule has 0 saturated heterocycles. The maximum Gasteiger partial charge on any atom is 0.295 e. The molecule has 0 heterocycles. The average Bonchev–Trinajstić information content (AvgIpc) is 2.17. The van der Waals surface area contributed by atoms with E-state index in [1.54, 1.807) is 12.1 Å². The van der Waals surface area contributed by atoms with Gasteiger partial charge in [0.1, 0.15) is 0 Å². The summed E-state index contributed by atoms with van der Waals surface area (Å²) in [6, 6.07) is 12.8. The molecule has 0 bridgehead atoms. The van der Waals surface area contributed by atoms with Crippen molar-refractivity contribution in [1.29, 1.82) is 0 Å². The van der Waals surface area contributed by atoms with Gasteiger partial charge in [0.2, 0.25) is 0 Å². The van der Waals surface area contributed by atoms with Gasteiger partial charge in [0.15, 0.2) is 0 Å². The van der Waals surface area contributed by atoms with Gasteiger partial charge in [-0.1, -0.05) is 30.3 Å². The maximum absolute atomic E-state index is 10.6. The molecule has 0 N–H and O–H groups in total. The van der Waals surface area contributed by atoms with Crippen molar-refractivity contribution in [1.82, 2.24) is 5.73 Å². The molecule has 0 unspecified atom stereocenters. The maximum atomic E-state index is 10.6. The number of nitrogens with zero attached hydrogens (tertiary/aromatic N) is 1. The monoisotopic (exact) mass is 169 g/mol. The zero-order valence-electron chi connectivity index (χ0n) is 6.90. The first-order valence-corrected chi connectivity index (χ1v) is 3.99. The van der Waals surface area contributed by atoms with Gasteiger partial charge in [-0.2, -0.15) is 0 Å². The highest BCUT2D eigenvalue weighted by Gasteiger charge is 2.02. The summed E-state index contributed by atoms with van der Waals surface area (Å²) in [4.78, 5) is 10.6. The van der Waals surface area contributed by atoms with Crippen LogP contribution >= 0.6 is 0 Å². The first-order valence-electron chi connectivity index (χ1n) is 3.99. The number of hydrogen-bond donors (Lipinski definition) is 0. The topological polar surface area (TPSA) is 39.4 Å². The first kappa shape index (κ1) is 7.80. The molecule has 1 amide bonds. The van der Waals surface area contributed by atoms with Crippen LogP contribution in [0.1, 0.15) is 10.4 Å². The molecule has 2 aromatic rings. The van der Waals surface area contributed by atoms with Crippen LogP contribution in [0.5, 0.6) is 0 Å². The number of benzene rings is 2. The van der Waals surface area contributed by atoms with E-state index in [1.807, 2.05) is 30.3 Å². The molecule has 2 radical (unpaired) electrons. The fourth-order valence-electron chi connectivity index (χ4n) is 1.32. The largest absolute Gasteiger partial charge is 0.295 e. The standard InChI is InChI=1S/C11H7NO/c12-11(13)10-6-5-8-3-1-2-4-9(8)7-10/h1-7H. The van der Waals surface area contributed by atoms with Crippen molar-refractivity contribution in [2.75, 3.05) is 0 Å². The molecule has 0 spiro atoms. The lowest BCUT2D eigenvalue weighted by Crippen LogP contribution is -1.97. The van der Waals surface area contributed by atoms with Crippen molar-refractivity contribution in [3.8, 4) is 0 Å². The molecular weight excluding hydrogens is 162 g/mol. The lowest BCUT2D eigenvalue weighted by molar-refractivity contribution is 0.0992. The third-order valence-corrected chi connectivity index (χ3v) is 2.00. The highest BCUT2D eigenvalue weighted by molar-refractivity contribution is 5.97. The fourth-order valence-corrected chi connectivity index (χ4v) is 1.32. The molecule has 0 aliphatic rings. The molecule has 13 heavy (non-hydrogen) atoms. The van der Waals surface area contributed by atoms with Crippen molar-refractivity contribution in [2.45, 2.75) is 0 Å². The highest BCUT2D eigenvalue weighted by atomic mass is 16.1. The van der Waals surface area contributed by atoms with Crippen LogP contribution < -0.4 is 5.73 Å². The molecule has 2 nitrogen and oxygen atoms in total. The molecule has 0 fully saturated rings. The number of carbonyl (C=O) groups is 1. The third-order valence-electron chi connectivity index (χ3n) is 2.00. The molecule has 0 aliphatic heterocycles. The summed E-state index contributed by atoms with van der Waals surface area (Å²) in [6.07, 6.45) is 0. The Morgan fingerprint density at radius 3 is 2.38 bits per heavy atom. The van der Waals surface area contributed by atoms with Gasteiger partial charge in [0.05, 0.1) is 0 Å². The van der Waals surface area contributed by atoms with E-state index in [-0.39, 0.29) is 0 Å². The van der Waals surface area contributed by atoms with E-state index in [9.17, 15) is 4.79 Å². The number of amides is 1. The smallest absolute Gasteiger partial charge is 0.265 e. The predicted octanol–water partition coefficient (Wildman–Crippen LogP) is 2.05. The summed E-state index contributed by atoms with van der Waals surface area (Å²) in [6.45, 7) is 0. The minimum absolute atomic E-state index is 0.332. The molecule has 0 aliphatic carbocycles. The molecule has 0 aromatic heterocycles. The quantitative estimate of drug-likeness (QED) is 0.643. The summed E-state index contributed by atoms with van der Waals surface area (Å²) in [7, 11) is 0. The lowest BCUT2D eigenvalue weighted by Gasteiger charge is -1.97. The Balaban J connectivity index is 2.69. The van der Waals surface area contributed by atoms with E-state index < -0.39 is 5.91 Å². The summed E-state index contributed by atoms with van der Waals surface area (Å²) >= 11 is 0. The van der Waals surface area contributed by atoms with Crippen LogP contribution in [0, 0.1) is 0 Å². The zero-order valence-corrected chi connectivity index (χ0v) is 6.90. The number of hydrogen-bond acceptors (Lipinski definition) is 1. The Hall–Kier alpha value is -1.83. The van der Waals surface area contributed by atoms with E-state index in [1.165, 1.54) is 0 Å². The Bertz CT molecular complexity index is 462. The van der Waals surface area contributed by atoms with E-state index in [0.717, 1.165) is 10.8 Å². The van der Waals surface area contributed by atoms with Gasteiger partial charge >= 0.3 is 0 Å². The number of rotatable bonds is 1. The van der Waals surface area contributed by atoms with Crippen molar-refractivity contribution < 1.29 is 4.79 Å². The molecule has 2 rings (SSSR count). The third kappa shape index (κ3) is 1.38. The normalized spacial score (nSPS) is 10.2. The van der Waals surface area contributed by atoms with E-state index in [2.05, 4.69) is 0 Å². The Labute approximate surface area is 76.0 Å². The minimum atomic E-state index is -0.884. The van der Waals surface area contributed by atoms with Crippen LogP contribution in [0.15, 0.2) is 42.5 Å². The van der Waals surface area contributed by atoms with Gasteiger partial charge in [-0.3, -0.25) is 4.79 Å². The molecule has 62 valence electrons. The van der Waals surface area contributed by atoms with Gasteiger partial charge in [-0.05, 0) is 22.9 Å². The first-order chi connectivity index (χ1) is 6.27. The van der Waals surface area contributed by atoms with Crippen LogP contribution in [0.2, 0.25) is 0 Å². The number of fused-ring (bicyclic) bond motifs is 1. The van der Waals surface area contributed by atoms with Gasteiger partial charge in [-0.15, -0.1) is 5.73 Å². The number of carbonyl (C=O) groups excluding carboxylic acids is 1. The molecule has 2 aromatic carbocycles. The molecule has 0 saturated carbocycles. The molecule has 2 heteroatoms. The second-order valence-corrected chi connectivity index (χ2v) is 2.87. The zero-order chi connectivity index (χ0) is 9.26. The van der Waals surface area contributed by atoms with Gasteiger partial charge in [0, 0.05) is 5.56 Å². The summed E-state index contributed by atoms with van der Waals surface area (Å²) in [5.74, 6) is -0.884. The van der Waals surface area contributed by atoms with Crippen molar-refractivity contribution in [3.05, 3.63) is 48.0 Å². The van der Waals surface area contributed by atoms with Crippen LogP contribution in [0.4, 0.5) is 0 Å². The van der Waals surface area contributed by atoms with Crippen molar-refractivity contribution in [3.63, 3.8) is 0 Å². The van der Waals surface area contributed by atoms with E-state index in [4.69, 9.17) is 5.73 Å². The fraction of sp³-hybridized carbons (Fsp3) is 0. The summed E-state index contributed by atoms with van der Waals surface area (Å²) < 4.78 is 0. The molecular formula is C11H7NO. The second kappa shape index (κ2) is 2.90. The average molecular weight is 169 g/mol. The highest BCUT2D eigenvalue weighted by Crippen LogP contribution is 2.15. The second-order valence-electron chi connectivity index (χ2n) is 2.87. The summed E-state index contributed by atoms with van der Waals surface area (Å²) in [5.41, 5.74) is 9.08. The van der Waals surface area contributed by atoms with Crippen LogP contribution in [0.3, 0.4) is 0 Å². The van der Waals surface area contributed by atoms with Crippen molar-refractivity contribution >= 4 is 16.7 Å². The van der Waals surface area contributed by atoms with Crippen LogP contribution in [0.25, 0.3) is 10.8 Å². The Morgan fingerprint density at radius 2 is 1.69 bits per heavy atom.